The molecule has 1 amide bonds. The summed E-state index contributed by atoms with van der Waals surface area (Å²) in [5, 5.41) is 70.7. The van der Waals surface area contributed by atoms with Crippen LogP contribution >= 0.6 is 0 Å². The van der Waals surface area contributed by atoms with Crippen molar-refractivity contribution in [1.29, 1.82) is 0 Å². The molecule has 0 unspecified atom stereocenters. The van der Waals surface area contributed by atoms with Crippen molar-refractivity contribution in [3.05, 3.63) is 0 Å². The Kier molecular flexibility index (Phi) is 7.27. The fraction of sp³-hybridized carbons (Fsp3) is 0.929. The predicted molar refractivity (Wildman–Crippen MR) is 80.2 cm³/mol. The van der Waals surface area contributed by atoms with Crippen LogP contribution < -0.4 is 5.32 Å². The van der Waals surface area contributed by atoms with Gasteiger partial charge in [-0.15, -0.1) is 0 Å². The van der Waals surface area contributed by atoms with Gasteiger partial charge in [-0.1, -0.05) is 0 Å². The van der Waals surface area contributed by atoms with E-state index in [0.717, 1.165) is 6.92 Å². The third kappa shape index (κ3) is 4.31. The number of amides is 1. The van der Waals surface area contributed by atoms with Crippen LogP contribution in [0.4, 0.5) is 0 Å². The zero-order valence-corrected chi connectivity index (χ0v) is 14.0. The topological polar surface area (TPSA) is 198 Å². The van der Waals surface area contributed by atoms with Crippen molar-refractivity contribution in [3.8, 4) is 0 Å². The first kappa shape index (κ1) is 21.4. The molecule has 12 heteroatoms. The molecule has 2 heterocycles. The Labute approximate surface area is 148 Å². The molecule has 2 rings (SSSR count). The molecule has 2 saturated heterocycles. The Hall–Kier alpha value is -0.930. The molecule has 2 aliphatic rings. The number of nitrogens with one attached hydrogen (secondary N) is 1. The first-order valence-electron chi connectivity index (χ1n) is 8.06. The summed E-state index contributed by atoms with van der Waals surface area (Å²) in [6.45, 7) is -0.183. The molecule has 8 N–H and O–H groups in total. The maximum absolute atomic E-state index is 11.4. The number of carbonyl (C=O) groups excluding carboxylic acids is 1. The van der Waals surface area contributed by atoms with Crippen LogP contribution in [0, 0.1) is 0 Å². The van der Waals surface area contributed by atoms with Gasteiger partial charge in [-0.2, -0.15) is 0 Å². The average Bonchev–Trinajstić information content (AvgIpc) is 2.60. The van der Waals surface area contributed by atoms with Crippen molar-refractivity contribution in [2.45, 2.75) is 68.3 Å². The van der Waals surface area contributed by atoms with Crippen LogP contribution in [0.2, 0.25) is 0 Å². The second-order valence-electron chi connectivity index (χ2n) is 6.26. The molecule has 152 valence electrons. The molecule has 26 heavy (non-hydrogen) atoms. The molecule has 2 fully saturated rings. The maximum atomic E-state index is 11.4. The van der Waals surface area contributed by atoms with E-state index in [-0.39, 0.29) is 0 Å². The standard InChI is InChI=1S/C14H25NO11/c1-4(18)15-7-10(21)8(19)6(3-17)25-14(7)26-12-11(22)9(20)5(2-16)24-13(12)23/h5-14,16-17,19-23H,2-3H2,1H3,(H,15,18)/t5-,6-,7-,8-,9-,10-,11+,12+,13+,14+/m1/s1. The number of ether oxygens (including phenoxy) is 3. The minimum absolute atomic E-state index is 0.581. The summed E-state index contributed by atoms with van der Waals surface area (Å²) in [5.41, 5.74) is 0. The number of carbonyl (C=O) groups is 1. The van der Waals surface area contributed by atoms with E-state index in [9.17, 15) is 35.4 Å². The van der Waals surface area contributed by atoms with Crippen LogP contribution in [-0.4, -0.2) is 116 Å². The lowest BCUT2D eigenvalue weighted by Gasteiger charge is -2.46. The molecule has 0 saturated carbocycles. The van der Waals surface area contributed by atoms with Gasteiger partial charge >= 0.3 is 0 Å². The number of rotatable bonds is 5. The summed E-state index contributed by atoms with van der Waals surface area (Å²) in [6.07, 6.45) is -13.7. The van der Waals surface area contributed by atoms with Gasteiger partial charge in [0.2, 0.25) is 5.91 Å². The van der Waals surface area contributed by atoms with Crippen molar-refractivity contribution < 1.29 is 54.8 Å². The highest BCUT2D eigenvalue weighted by atomic mass is 16.7. The molecular formula is C14H25NO11. The van der Waals surface area contributed by atoms with E-state index in [1.54, 1.807) is 0 Å². The highest BCUT2D eigenvalue weighted by Gasteiger charge is 2.50. The van der Waals surface area contributed by atoms with E-state index in [1.807, 2.05) is 0 Å². The van der Waals surface area contributed by atoms with E-state index in [1.165, 1.54) is 0 Å². The van der Waals surface area contributed by atoms with Gasteiger partial charge in [0.05, 0.1) is 13.2 Å². The van der Waals surface area contributed by atoms with Crippen LogP contribution in [0.3, 0.4) is 0 Å². The van der Waals surface area contributed by atoms with Gasteiger partial charge in [0.1, 0.15) is 48.8 Å². The van der Waals surface area contributed by atoms with Crippen LogP contribution in [0.15, 0.2) is 0 Å². The minimum Gasteiger partial charge on any atom is -0.394 e. The fourth-order valence-electron chi connectivity index (χ4n) is 2.96. The second kappa shape index (κ2) is 8.84. The molecule has 0 radical (unpaired) electrons. The number of aliphatic hydroxyl groups excluding tert-OH is 7. The zero-order chi connectivity index (χ0) is 19.6. The Morgan fingerprint density at radius 1 is 0.923 bits per heavy atom. The van der Waals surface area contributed by atoms with Crippen LogP contribution in [0.1, 0.15) is 6.92 Å². The fourth-order valence-corrected chi connectivity index (χ4v) is 2.96. The van der Waals surface area contributed by atoms with Crippen molar-refractivity contribution >= 4 is 5.91 Å². The lowest BCUT2D eigenvalue weighted by Crippen LogP contribution is -2.67. The van der Waals surface area contributed by atoms with Gasteiger partial charge in [-0.25, -0.2) is 0 Å². The van der Waals surface area contributed by atoms with Gasteiger partial charge in [0.15, 0.2) is 12.6 Å². The van der Waals surface area contributed by atoms with E-state index in [4.69, 9.17) is 19.3 Å². The van der Waals surface area contributed by atoms with Crippen molar-refractivity contribution in [3.63, 3.8) is 0 Å². The van der Waals surface area contributed by atoms with Crippen LogP contribution in [0.25, 0.3) is 0 Å². The van der Waals surface area contributed by atoms with Gasteiger partial charge in [0.25, 0.3) is 0 Å². The van der Waals surface area contributed by atoms with Crippen molar-refractivity contribution in [2.75, 3.05) is 13.2 Å². The predicted octanol–water partition coefficient (Wildman–Crippen LogP) is -5.25. The lowest BCUT2D eigenvalue weighted by atomic mass is 9.96. The highest BCUT2D eigenvalue weighted by Crippen LogP contribution is 2.28. The summed E-state index contributed by atoms with van der Waals surface area (Å²) >= 11 is 0. The third-order valence-corrected chi connectivity index (χ3v) is 4.38. The van der Waals surface area contributed by atoms with E-state index >= 15 is 0 Å². The second-order valence-corrected chi connectivity index (χ2v) is 6.26. The van der Waals surface area contributed by atoms with E-state index < -0.39 is 80.5 Å². The number of aliphatic hydroxyl groups is 7. The monoisotopic (exact) mass is 383 g/mol. The molecule has 0 aromatic rings. The molecule has 0 aromatic carbocycles. The molecule has 0 aliphatic carbocycles. The highest BCUT2D eigenvalue weighted by molar-refractivity contribution is 5.73. The first-order valence-corrected chi connectivity index (χ1v) is 8.06. The zero-order valence-electron chi connectivity index (χ0n) is 14.0. The molecular weight excluding hydrogens is 358 g/mol. The molecule has 2 aliphatic heterocycles. The molecule has 0 aromatic heterocycles. The molecule has 0 bridgehead atoms. The van der Waals surface area contributed by atoms with Gasteiger partial charge in [-0.3, -0.25) is 4.79 Å². The summed E-state index contributed by atoms with van der Waals surface area (Å²) in [6, 6.07) is -1.29. The van der Waals surface area contributed by atoms with Gasteiger partial charge in [0, 0.05) is 6.92 Å². The summed E-state index contributed by atoms with van der Waals surface area (Å²) in [5.74, 6) is -0.581. The molecule has 10 atom stereocenters. The molecule has 0 spiro atoms. The van der Waals surface area contributed by atoms with Gasteiger partial charge < -0.3 is 55.3 Å². The normalized spacial score (nSPS) is 46.8. The number of hydrogen-bond acceptors (Lipinski definition) is 11. The van der Waals surface area contributed by atoms with Crippen LogP contribution in [-0.2, 0) is 19.0 Å². The number of hydrogen-bond donors (Lipinski definition) is 8. The largest absolute Gasteiger partial charge is 0.394 e. The van der Waals surface area contributed by atoms with Crippen molar-refractivity contribution in [1.82, 2.24) is 5.32 Å². The smallest absolute Gasteiger partial charge is 0.217 e. The summed E-state index contributed by atoms with van der Waals surface area (Å²) in [7, 11) is 0. The lowest BCUT2D eigenvalue weighted by molar-refractivity contribution is -0.348. The Bertz CT molecular complexity index is 480. The van der Waals surface area contributed by atoms with E-state index in [0.29, 0.717) is 0 Å². The Balaban J connectivity index is 2.18. The maximum Gasteiger partial charge on any atom is 0.217 e. The third-order valence-electron chi connectivity index (χ3n) is 4.38. The van der Waals surface area contributed by atoms with Crippen LogP contribution in [0.5, 0.6) is 0 Å². The first-order chi connectivity index (χ1) is 12.2. The summed E-state index contributed by atoms with van der Waals surface area (Å²) in [4.78, 5) is 11.4. The Morgan fingerprint density at radius 2 is 1.46 bits per heavy atom. The Morgan fingerprint density at radius 3 is 2.00 bits per heavy atom. The minimum atomic E-state index is -1.76. The van der Waals surface area contributed by atoms with Crippen molar-refractivity contribution in [2.24, 2.45) is 0 Å². The van der Waals surface area contributed by atoms with E-state index in [2.05, 4.69) is 5.32 Å². The molecule has 12 nitrogen and oxygen atoms in total. The quantitative estimate of drug-likeness (QED) is 0.226. The average molecular weight is 383 g/mol. The summed E-state index contributed by atoms with van der Waals surface area (Å²) < 4.78 is 15.7. The SMILES string of the molecule is CC(=O)N[C@H]1[C@H](O[C@H]2[C@@H](O)[C@H](O)[C@@H](CO)O[C@@H]2O)O[C@H](CO)[C@@H](O)[C@@H]1O. The van der Waals surface area contributed by atoms with Gasteiger partial charge in [-0.05, 0) is 0 Å².